The standard InChI is InChI=1S/C14H22O10S/c15-9(7-23-13(20)2-1-11(17)18)10(16)8-24-14(21)4-3-12(19)22-5-6-25/h9-10,15-16,25H,1-8H2,(H,17,18). The number of carbonyl (C=O) groups is 4. The van der Waals surface area contributed by atoms with Crippen molar-refractivity contribution in [1.29, 1.82) is 0 Å². The Morgan fingerprint density at radius 2 is 1.16 bits per heavy atom. The summed E-state index contributed by atoms with van der Waals surface area (Å²) in [5, 5.41) is 27.5. The zero-order chi connectivity index (χ0) is 19.2. The predicted octanol–water partition coefficient (Wildman–Crippen LogP) is -1.09. The molecule has 0 aliphatic carbocycles. The quantitative estimate of drug-likeness (QED) is 0.175. The van der Waals surface area contributed by atoms with Crippen LogP contribution in [0.15, 0.2) is 0 Å². The number of carbonyl (C=O) groups excluding carboxylic acids is 3. The molecule has 0 rings (SSSR count). The van der Waals surface area contributed by atoms with E-state index in [4.69, 9.17) is 9.84 Å². The van der Waals surface area contributed by atoms with Crippen molar-refractivity contribution in [2.75, 3.05) is 25.6 Å². The molecule has 0 aliphatic heterocycles. The van der Waals surface area contributed by atoms with E-state index in [1.807, 2.05) is 0 Å². The molecule has 0 spiro atoms. The first kappa shape index (κ1) is 23.1. The van der Waals surface area contributed by atoms with E-state index in [1.165, 1.54) is 0 Å². The van der Waals surface area contributed by atoms with E-state index in [9.17, 15) is 29.4 Å². The van der Waals surface area contributed by atoms with Crippen molar-refractivity contribution in [2.45, 2.75) is 37.9 Å². The Morgan fingerprint density at radius 1 is 0.760 bits per heavy atom. The van der Waals surface area contributed by atoms with Crippen LogP contribution in [-0.2, 0) is 33.4 Å². The first-order valence-corrected chi connectivity index (χ1v) is 8.05. The summed E-state index contributed by atoms with van der Waals surface area (Å²) in [5.74, 6) is -3.00. The van der Waals surface area contributed by atoms with Gasteiger partial charge >= 0.3 is 23.9 Å². The van der Waals surface area contributed by atoms with Crippen LogP contribution in [0.5, 0.6) is 0 Å². The van der Waals surface area contributed by atoms with Crippen LogP contribution < -0.4 is 0 Å². The summed E-state index contributed by atoms with van der Waals surface area (Å²) in [7, 11) is 0. The van der Waals surface area contributed by atoms with Crippen molar-refractivity contribution in [3.05, 3.63) is 0 Å². The van der Waals surface area contributed by atoms with Gasteiger partial charge in [0.1, 0.15) is 32.0 Å². The highest BCUT2D eigenvalue weighted by atomic mass is 32.1. The van der Waals surface area contributed by atoms with Crippen LogP contribution in [-0.4, -0.2) is 77.0 Å². The molecule has 0 aromatic rings. The molecule has 0 aromatic carbocycles. The molecule has 0 fully saturated rings. The number of thiol groups is 1. The van der Waals surface area contributed by atoms with Gasteiger partial charge in [-0.2, -0.15) is 12.6 Å². The predicted molar refractivity (Wildman–Crippen MR) is 84.8 cm³/mol. The first-order valence-electron chi connectivity index (χ1n) is 7.42. The molecule has 0 aromatic heterocycles. The van der Waals surface area contributed by atoms with Crippen molar-refractivity contribution in [2.24, 2.45) is 0 Å². The molecule has 0 saturated heterocycles. The SMILES string of the molecule is O=C(O)CCC(=O)OCC(O)C(O)COC(=O)CCC(=O)OCCS. The number of carboxylic acid groups (broad SMARTS) is 1. The molecule has 3 N–H and O–H groups in total. The highest BCUT2D eigenvalue weighted by molar-refractivity contribution is 7.80. The number of hydrogen-bond acceptors (Lipinski definition) is 10. The van der Waals surface area contributed by atoms with Gasteiger partial charge in [0, 0.05) is 5.75 Å². The molecular formula is C14H22O10S. The van der Waals surface area contributed by atoms with E-state index >= 15 is 0 Å². The lowest BCUT2D eigenvalue weighted by Crippen LogP contribution is -2.35. The Hall–Kier alpha value is -1.85. The molecule has 10 nitrogen and oxygen atoms in total. The number of aliphatic hydroxyl groups is 2. The Morgan fingerprint density at radius 3 is 1.56 bits per heavy atom. The molecule has 0 amide bonds. The minimum absolute atomic E-state index is 0.132. The topological polar surface area (TPSA) is 157 Å². The molecular weight excluding hydrogens is 360 g/mol. The van der Waals surface area contributed by atoms with Crippen LogP contribution in [0, 0.1) is 0 Å². The summed E-state index contributed by atoms with van der Waals surface area (Å²) < 4.78 is 14.0. The number of aliphatic hydroxyl groups excluding tert-OH is 2. The Kier molecular flexibility index (Phi) is 12.4. The first-order chi connectivity index (χ1) is 11.8. The largest absolute Gasteiger partial charge is 0.481 e. The van der Waals surface area contributed by atoms with Crippen LogP contribution in [0.4, 0.5) is 0 Å². The second kappa shape index (κ2) is 13.4. The maximum Gasteiger partial charge on any atom is 0.306 e. The smallest absolute Gasteiger partial charge is 0.306 e. The van der Waals surface area contributed by atoms with Crippen molar-refractivity contribution >= 4 is 36.5 Å². The van der Waals surface area contributed by atoms with E-state index in [0.29, 0.717) is 5.75 Å². The average molecular weight is 382 g/mol. The summed E-state index contributed by atoms with van der Waals surface area (Å²) in [5.41, 5.74) is 0. The average Bonchev–Trinajstić information content (AvgIpc) is 2.58. The lowest BCUT2D eigenvalue weighted by atomic mass is 10.2. The minimum Gasteiger partial charge on any atom is -0.481 e. The fraction of sp³-hybridized carbons (Fsp3) is 0.714. The number of aliphatic carboxylic acids is 1. The number of rotatable bonds is 13. The second-order valence-corrected chi connectivity index (χ2v) is 5.29. The minimum atomic E-state index is -1.51. The van der Waals surface area contributed by atoms with Gasteiger partial charge in [-0.3, -0.25) is 19.2 Å². The fourth-order valence-corrected chi connectivity index (χ4v) is 1.46. The van der Waals surface area contributed by atoms with Crippen molar-refractivity contribution < 1.29 is 48.7 Å². The lowest BCUT2D eigenvalue weighted by Gasteiger charge is -2.17. The molecule has 0 radical (unpaired) electrons. The molecule has 2 atom stereocenters. The Labute approximate surface area is 149 Å². The molecule has 0 heterocycles. The summed E-state index contributed by atoms with van der Waals surface area (Å²) in [6, 6.07) is 0. The highest BCUT2D eigenvalue weighted by Gasteiger charge is 2.20. The van der Waals surface area contributed by atoms with E-state index < -0.39 is 55.7 Å². The van der Waals surface area contributed by atoms with E-state index in [2.05, 4.69) is 22.1 Å². The van der Waals surface area contributed by atoms with Gasteiger partial charge in [0.2, 0.25) is 0 Å². The highest BCUT2D eigenvalue weighted by Crippen LogP contribution is 2.02. The van der Waals surface area contributed by atoms with Gasteiger partial charge in [-0.15, -0.1) is 0 Å². The van der Waals surface area contributed by atoms with Gasteiger partial charge in [-0.1, -0.05) is 0 Å². The lowest BCUT2D eigenvalue weighted by molar-refractivity contribution is -0.157. The summed E-state index contributed by atoms with van der Waals surface area (Å²) in [6.07, 6.45) is -4.23. The maximum absolute atomic E-state index is 11.4. The van der Waals surface area contributed by atoms with Crippen LogP contribution >= 0.6 is 12.6 Å². The van der Waals surface area contributed by atoms with Crippen LogP contribution in [0.1, 0.15) is 25.7 Å². The summed E-state index contributed by atoms with van der Waals surface area (Å²) in [6.45, 7) is -1.00. The van der Waals surface area contributed by atoms with Gasteiger partial charge in [-0.25, -0.2) is 0 Å². The second-order valence-electron chi connectivity index (χ2n) is 4.84. The molecule has 0 saturated carbocycles. The van der Waals surface area contributed by atoms with E-state index in [1.54, 1.807) is 0 Å². The number of esters is 3. The fourth-order valence-electron chi connectivity index (χ4n) is 1.37. The molecule has 0 aliphatic rings. The maximum atomic E-state index is 11.4. The van der Waals surface area contributed by atoms with Gasteiger partial charge in [0.15, 0.2) is 0 Å². The van der Waals surface area contributed by atoms with E-state index in [-0.39, 0.29) is 25.9 Å². The summed E-state index contributed by atoms with van der Waals surface area (Å²) >= 11 is 3.85. The number of carboxylic acids is 1. The molecule has 2 unspecified atom stereocenters. The zero-order valence-electron chi connectivity index (χ0n) is 13.5. The van der Waals surface area contributed by atoms with Crippen LogP contribution in [0.3, 0.4) is 0 Å². The molecule has 144 valence electrons. The third-order valence-electron chi connectivity index (χ3n) is 2.70. The molecule has 25 heavy (non-hydrogen) atoms. The Balaban J connectivity index is 3.90. The zero-order valence-corrected chi connectivity index (χ0v) is 14.4. The monoisotopic (exact) mass is 382 g/mol. The number of ether oxygens (including phenoxy) is 3. The van der Waals surface area contributed by atoms with Crippen LogP contribution in [0.2, 0.25) is 0 Å². The van der Waals surface area contributed by atoms with Gasteiger partial charge in [0.25, 0.3) is 0 Å². The third-order valence-corrected chi connectivity index (χ3v) is 2.89. The van der Waals surface area contributed by atoms with Crippen molar-refractivity contribution in [3.8, 4) is 0 Å². The third kappa shape index (κ3) is 13.2. The van der Waals surface area contributed by atoms with Crippen molar-refractivity contribution in [3.63, 3.8) is 0 Å². The molecule has 0 bridgehead atoms. The van der Waals surface area contributed by atoms with Gasteiger partial charge in [0.05, 0.1) is 25.7 Å². The van der Waals surface area contributed by atoms with Crippen LogP contribution in [0.25, 0.3) is 0 Å². The Bertz CT molecular complexity index is 453. The van der Waals surface area contributed by atoms with Crippen molar-refractivity contribution in [1.82, 2.24) is 0 Å². The van der Waals surface area contributed by atoms with Gasteiger partial charge in [-0.05, 0) is 0 Å². The summed E-state index contributed by atoms with van der Waals surface area (Å²) in [4.78, 5) is 44.0. The normalized spacial score (nSPS) is 12.8. The number of hydrogen-bond donors (Lipinski definition) is 4. The van der Waals surface area contributed by atoms with E-state index in [0.717, 1.165) is 0 Å². The van der Waals surface area contributed by atoms with Gasteiger partial charge < -0.3 is 29.5 Å². The molecule has 11 heteroatoms.